The van der Waals surface area contributed by atoms with Gasteiger partial charge in [-0.1, -0.05) is 43.1 Å². The predicted molar refractivity (Wildman–Crippen MR) is 64.9 cm³/mol. The Morgan fingerprint density at radius 3 is 2.80 bits per heavy atom. The summed E-state index contributed by atoms with van der Waals surface area (Å²) in [7, 11) is 0. The van der Waals surface area contributed by atoms with Gasteiger partial charge in [-0.05, 0) is 36.8 Å². The minimum atomic E-state index is -0.182. The Morgan fingerprint density at radius 2 is 2.20 bits per heavy atom. The number of rotatable bonds is 2. The van der Waals surface area contributed by atoms with Gasteiger partial charge in [0.05, 0.1) is 0 Å². The molecule has 2 atom stereocenters. The Labute approximate surface area is 96.6 Å². The van der Waals surface area contributed by atoms with Crippen molar-refractivity contribution in [1.29, 1.82) is 0 Å². The van der Waals surface area contributed by atoms with Crippen molar-refractivity contribution < 1.29 is 0 Å². The van der Waals surface area contributed by atoms with Crippen LogP contribution < -0.4 is 5.73 Å². The summed E-state index contributed by atoms with van der Waals surface area (Å²) in [5, 5.41) is 0.816. The van der Waals surface area contributed by atoms with Crippen LogP contribution in [0, 0.1) is 5.92 Å². The second-order valence-electron chi connectivity index (χ2n) is 4.65. The van der Waals surface area contributed by atoms with Crippen molar-refractivity contribution in [3.05, 3.63) is 34.9 Å². The maximum Gasteiger partial charge on any atom is 0.0456 e. The summed E-state index contributed by atoms with van der Waals surface area (Å²) in [6.07, 6.45) is 4.60. The Bertz CT molecular complexity index is 350. The molecule has 0 spiro atoms. The lowest BCUT2D eigenvalue weighted by molar-refractivity contribution is 0.424. The molecule has 0 heterocycles. The normalized spacial score (nSPS) is 30.7. The maximum absolute atomic E-state index is 6.46. The Kier molecular flexibility index (Phi) is 3.03. The van der Waals surface area contributed by atoms with E-state index in [1.54, 1.807) is 0 Å². The molecule has 0 aliphatic heterocycles. The summed E-state index contributed by atoms with van der Waals surface area (Å²) in [6.45, 7) is 2.24. The molecule has 2 rings (SSSR count). The van der Waals surface area contributed by atoms with Gasteiger partial charge in [0.15, 0.2) is 0 Å². The molecule has 1 saturated carbocycles. The number of halogens is 1. The zero-order valence-corrected chi connectivity index (χ0v) is 9.93. The zero-order chi connectivity index (χ0) is 10.9. The van der Waals surface area contributed by atoms with Crippen molar-refractivity contribution in [3.8, 4) is 0 Å². The van der Waals surface area contributed by atoms with Crippen molar-refractivity contribution in [3.63, 3.8) is 0 Å². The smallest absolute Gasteiger partial charge is 0.0456 e. The van der Waals surface area contributed by atoms with Gasteiger partial charge < -0.3 is 5.73 Å². The molecule has 1 nitrogen and oxygen atoms in total. The quantitative estimate of drug-likeness (QED) is 0.813. The first-order valence-electron chi connectivity index (χ1n) is 5.69. The molecule has 0 amide bonds. The van der Waals surface area contributed by atoms with Gasteiger partial charge >= 0.3 is 0 Å². The molecule has 0 saturated heterocycles. The molecule has 0 aromatic heterocycles. The van der Waals surface area contributed by atoms with E-state index < -0.39 is 0 Å². The van der Waals surface area contributed by atoms with E-state index in [0.29, 0.717) is 0 Å². The van der Waals surface area contributed by atoms with Crippen LogP contribution in [0.5, 0.6) is 0 Å². The lowest BCUT2D eigenvalue weighted by Gasteiger charge is -2.26. The first-order valence-corrected chi connectivity index (χ1v) is 6.07. The third kappa shape index (κ3) is 2.04. The molecule has 2 heteroatoms. The van der Waals surface area contributed by atoms with Gasteiger partial charge in [-0.3, -0.25) is 0 Å². The summed E-state index contributed by atoms with van der Waals surface area (Å²) in [5.74, 6) is 0.770. The third-order valence-corrected chi connectivity index (χ3v) is 3.97. The molecule has 1 aromatic rings. The molecule has 0 radical (unpaired) electrons. The highest BCUT2D eigenvalue weighted by Gasteiger charge is 2.37. The van der Waals surface area contributed by atoms with E-state index in [0.717, 1.165) is 29.3 Å². The van der Waals surface area contributed by atoms with Gasteiger partial charge in [0.25, 0.3) is 0 Å². The number of nitrogens with two attached hydrogens (primary N) is 1. The summed E-state index contributed by atoms with van der Waals surface area (Å²) < 4.78 is 0. The van der Waals surface area contributed by atoms with Crippen LogP contribution in [-0.2, 0) is 5.54 Å². The highest BCUT2D eigenvalue weighted by molar-refractivity contribution is 6.31. The highest BCUT2D eigenvalue weighted by Crippen LogP contribution is 2.43. The van der Waals surface area contributed by atoms with Crippen molar-refractivity contribution in [2.45, 2.75) is 38.1 Å². The van der Waals surface area contributed by atoms with Gasteiger partial charge in [-0.25, -0.2) is 0 Å². The molecular weight excluding hydrogens is 206 g/mol. The van der Waals surface area contributed by atoms with Gasteiger partial charge in [0.2, 0.25) is 0 Å². The number of hydrogen-bond donors (Lipinski definition) is 1. The van der Waals surface area contributed by atoms with Crippen LogP contribution >= 0.6 is 11.6 Å². The van der Waals surface area contributed by atoms with Crippen molar-refractivity contribution in [2.24, 2.45) is 11.7 Å². The minimum Gasteiger partial charge on any atom is -0.321 e. The fourth-order valence-corrected chi connectivity index (χ4v) is 2.96. The first kappa shape index (κ1) is 11.0. The van der Waals surface area contributed by atoms with E-state index in [9.17, 15) is 0 Å². The molecular formula is C13H18ClN. The van der Waals surface area contributed by atoms with Crippen molar-refractivity contribution in [1.82, 2.24) is 0 Å². The van der Waals surface area contributed by atoms with E-state index in [2.05, 4.69) is 13.0 Å². The SMILES string of the molecule is CCC1CCC(N)(c2ccccc2Cl)C1. The van der Waals surface area contributed by atoms with Crippen molar-refractivity contribution >= 4 is 11.6 Å². The second-order valence-corrected chi connectivity index (χ2v) is 5.06. The van der Waals surface area contributed by atoms with Crippen LogP contribution in [0.1, 0.15) is 38.2 Å². The Balaban J connectivity index is 2.27. The van der Waals surface area contributed by atoms with Crippen LogP contribution in [0.15, 0.2) is 24.3 Å². The molecule has 2 unspecified atom stereocenters. The van der Waals surface area contributed by atoms with Gasteiger partial charge in [-0.15, -0.1) is 0 Å². The second kappa shape index (κ2) is 4.15. The minimum absolute atomic E-state index is 0.182. The van der Waals surface area contributed by atoms with Crippen LogP contribution in [0.25, 0.3) is 0 Å². The van der Waals surface area contributed by atoms with Gasteiger partial charge in [-0.2, -0.15) is 0 Å². The molecule has 15 heavy (non-hydrogen) atoms. The molecule has 2 N–H and O–H groups in total. The van der Waals surface area contributed by atoms with Crippen LogP contribution in [0.3, 0.4) is 0 Å². The van der Waals surface area contributed by atoms with E-state index >= 15 is 0 Å². The summed E-state index contributed by atoms with van der Waals surface area (Å²) >= 11 is 6.20. The molecule has 1 aliphatic rings. The molecule has 1 aliphatic carbocycles. The Morgan fingerprint density at radius 1 is 1.47 bits per heavy atom. The van der Waals surface area contributed by atoms with E-state index in [-0.39, 0.29) is 5.54 Å². The first-order chi connectivity index (χ1) is 7.15. The molecule has 82 valence electrons. The lowest BCUT2D eigenvalue weighted by Crippen LogP contribution is -2.34. The van der Waals surface area contributed by atoms with Gasteiger partial charge in [0, 0.05) is 10.6 Å². The summed E-state index contributed by atoms with van der Waals surface area (Å²) in [4.78, 5) is 0. The van der Waals surface area contributed by atoms with E-state index in [1.807, 2.05) is 18.2 Å². The summed E-state index contributed by atoms with van der Waals surface area (Å²) in [6, 6.07) is 7.99. The predicted octanol–water partition coefficient (Wildman–Crippen LogP) is 3.70. The average molecular weight is 224 g/mol. The topological polar surface area (TPSA) is 26.0 Å². The Hall–Kier alpha value is -0.530. The largest absolute Gasteiger partial charge is 0.321 e. The third-order valence-electron chi connectivity index (χ3n) is 3.64. The molecule has 0 bridgehead atoms. The fraction of sp³-hybridized carbons (Fsp3) is 0.538. The van der Waals surface area contributed by atoms with Crippen LogP contribution in [-0.4, -0.2) is 0 Å². The monoisotopic (exact) mass is 223 g/mol. The highest BCUT2D eigenvalue weighted by atomic mass is 35.5. The lowest BCUT2D eigenvalue weighted by atomic mass is 9.88. The number of hydrogen-bond acceptors (Lipinski definition) is 1. The fourth-order valence-electron chi connectivity index (χ4n) is 2.64. The maximum atomic E-state index is 6.46. The van der Waals surface area contributed by atoms with E-state index in [4.69, 9.17) is 17.3 Å². The average Bonchev–Trinajstić information content (AvgIpc) is 2.62. The van der Waals surface area contributed by atoms with Crippen LogP contribution in [0.2, 0.25) is 5.02 Å². The zero-order valence-electron chi connectivity index (χ0n) is 9.17. The molecule has 1 aromatic carbocycles. The van der Waals surface area contributed by atoms with Crippen LogP contribution in [0.4, 0.5) is 0 Å². The summed E-state index contributed by atoms with van der Waals surface area (Å²) in [5.41, 5.74) is 7.41. The van der Waals surface area contributed by atoms with Crippen molar-refractivity contribution in [2.75, 3.05) is 0 Å². The van der Waals surface area contributed by atoms with E-state index in [1.165, 1.54) is 12.8 Å². The van der Waals surface area contributed by atoms with Gasteiger partial charge in [0.1, 0.15) is 0 Å². The standard InChI is InChI=1S/C13H18ClN/c1-2-10-7-8-13(15,9-10)11-5-3-4-6-12(11)14/h3-6,10H,2,7-9,15H2,1H3. The number of benzene rings is 1. The molecule has 1 fully saturated rings.